The van der Waals surface area contributed by atoms with E-state index < -0.39 is 0 Å². The van der Waals surface area contributed by atoms with E-state index in [0.29, 0.717) is 0 Å². The zero-order chi connectivity index (χ0) is 34.9. The Bertz CT molecular complexity index is 3090. The summed E-state index contributed by atoms with van der Waals surface area (Å²) in [5.74, 6) is 0. The molecule has 0 amide bonds. The van der Waals surface area contributed by atoms with Crippen molar-refractivity contribution in [2.24, 2.45) is 0 Å². The van der Waals surface area contributed by atoms with Gasteiger partial charge in [0.15, 0.2) is 0 Å². The minimum absolute atomic E-state index is 1.12. The lowest BCUT2D eigenvalue weighted by Gasteiger charge is -2.26. The highest BCUT2D eigenvalue weighted by Gasteiger charge is 2.19. The molecule has 0 aliphatic heterocycles. The second-order valence-electron chi connectivity index (χ2n) is 13.8. The molecule has 0 aliphatic rings. The first-order valence-corrected chi connectivity index (χ1v) is 18.9. The number of rotatable bonds is 5. The summed E-state index contributed by atoms with van der Waals surface area (Å²) in [6.45, 7) is 0. The molecular formula is C50H32N2S. The van der Waals surface area contributed by atoms with Crippen molar-refractivity contribution >= 4 is 91.9 Å². The fourth-order valence-corrected chi connectivity index (χ4v) is 9.46. The molecule has 0 unspecified atom stereocenters. The van der Waals surface area contributed by atoms with Crippen LogP contribution >= 0.6 is 11.3 Å². The molecule has 0 saturated heterocycles. The van der Waals surface area contributed by atoms with Crippen LogP contribution in [0.4, 0.5) is 17.1 Å². The standard InChI is InChI=1S/C50H32N2S/c1-2-14-39(15-3-1)52-46-29-28-44-43-16-8-9-17-48(43)53-50(44)49(46)45-27-22-38(32-47(45)52)35-18-23-40(24-19-35)51(41-25-20-33-10-4-6-12-36(33)30-41)42-26-21-34-11-5-7-13-37(34)31-42/h1-32H. The highest BCUT2D eigenvalue weighted by Crippen LogP contribution is 2.44. The minimum Gasteiger partial charge on any atom is -0.310 e. The Kier molecular flexibility index (Phi) is 6.76. The number of aromatic nitrogens is 1. The smallest absolute Gasteiger partial charge is 0.0555 e. The maximum Gasteiger partial charge on any atom is 0.0555 e. The number of anilines is 3. The number of para-hydroxylation sites is 1. The number of fused-ring (bicyclic) bond motifs is 9. The Balaban J connectivity index is 1.07. The summed E-state index contributed by atoms with van der Waals surface area (Å²) < 4.78 is 5.12. The molecule has 2 nitrogen and oxygen atoms in total. The van der Waals surface area contributed by atoms with Gasteiger partial charge < -0.3 is 9.47 Å². The third kappa shape index (κ3) is 4.86. The topological polar surface area (TPSA) is 8.17 Å². The van der Waals surface area contributed by atoms with Crippen molar-refractivity contribution in [1.82, 2.24) is 4.57 Å². The highest BCUT2D eigenvalue weighted by molar-refractivity contribution is 7.26. The average molecular weight is 693 g/mol. The van der Waals surface area contributed by atoms with Crippen LogP contribution in [0.2, 0.25) is 0 Å². The van der Waals surface area contributed by atoms with E-state index >= 15 is 0 Å². The third-order valence-corrected chi connectivity index (χ3v) is 11.9. The number of hydrogen-bond donors (Lipinski definition) is 0. The molecule has 3 heteroatoms. The molecule has 0 bridgehead atoms. The summed E-state index contributed by atoms with van der Waals surface area (Å²) in [6, 6.07) is 70.9. The van der Waals surface area contributed by atoms with E-state index in [0.717, 1.165) is 17.1 Å². The van der Waals surface area contributed by atoms with Crippen LogP contribution in [0.5, 0.6) is 0 Å². The number of thiophene rings is 1. The van der Waals surface area contributed by atoms with Gasteiger partial charge in [-0.05, 0) is 99.4 Å². The zero-order valence-corrected chi connectivity index (χ0v) is 29.6. The lowest BCUT2D eigenvalue weighted by molar-refractivity contribution is 1.18. The summed E-state index contributed by atoms with van der Waals surface area (Å²) >= 11 is 1.90. The molecule has 0 radical (unpaired) electrons. The van der Waals surface area contributed by atoms with Gasteiger partial charge in [0.25, 0.3) is 0 Å². The molecule has 0 aliphatic carbocycles. The van der Waals surface area contributed by atoms with Crippen molar-refractivity contribution in [1.29, 1.82) is 0 Å². The summed E-state index contributed by atoms with van der Waals surface area (Å²) in [4.78, 5) is 2.37. The van der Waals surface area contributed by atoms with E-state index in [2.05, 4.69) is 204 Å². The van der Waals surface area contributed by atoms with Crippen LogP contribution in [-0.4, -0.2) is 4.57 Å². The van der Waals surface area contributed by atoms with Gasteiger partial charge in [-0.2, -0.15) is 0 Å². The van der Waals surface area contributed by atoms with Crippen molar-refractivity contribution in [3.05, 3.63) is 194 Å². The molecule has 2 aromatic heterocycles. The van der Waals surface area contributed by atoms with Crippen LogP contribution in [0, 0.1) is 0 Å². The van der Waals surface area contributed by atoms with E-state index in [1.54, 1.807) is 0 Å². The van der Waals surface area contributed by atoms with Gasteiger partial charge in [-0.25, -0.2) is 0 Å². The van der Waals surface area contributed by atoms with Crippen molar-refractivity contribution in [2.45, 2.75) is 0 Å². The van der Waals surface area contributed by atoms with Gasteiger partial charge in [-0.15, -0.1) is 11.3 Å². The van der Waals surface area contributed by atoms with Crippen LogP contribution in [0.3, 0.4) is 0 Å². The lowest BCUT2D eigenvalue weighted by atomic mass is 10.0. The maximum atomic E-state index is 2.44. The Morgan fingerprint density at radius 2 is 0.962 bits per heavy atom. The molecule has 0 fully saturated rings. The van der Waals surface area contributed by atoms with Gasteiger partial charge >= 0.3 is 0 Å². The molecular weight excluding hydrogens is 661 g/mol. The first-order valence-electron chi connectivity index (χ1n) is 18.1. The molecule has 0 atom stereocenters. The molecule has 9 aromatic carbocycles. The van der Waals surface area contributed by atoms with Crippen molar-refractivity contribution in [3.63, 3.8) is 0 Å². The third-order valence-electron chi connectivity index (χ3n) is 10.7. The number of nitrogens with zero attached hydrogens (tertiary/aromatic N) is 2. The van der Waals surface area contributed by atoms with E-state index in [9.17, 15) is 0 Å². The lowest BCUT2D eigenvalue weighted by Crippen LogP contribution is -2.09. The Hall–Kier alpha value is -6.68. The van der Waals surface area contributed by atoms with Gasteiger partial charge in [-0.1, -0.05) is 127 Å². The van der Waals surface area contributed by atoms with E-state index in [1.165, 1.54) is 80.3 Å². The molecule has 11 rings (SSSR count). The quantitative estimate of drug-likeness (QED) is 0.174. The maximum absolute atomic E-state index is 2.44. The fourth-order valence-electron chi connectivity index (χ4n) is 8.20. The van der Waals surface area contributed by atoms with Crippen molar-refractivity contribution in [2.75, 3.05) is 4.90 Å². The summed E-state index contributed by atoms with van der Waals surface area (Å²) in [5.41, 5.74) is 9.38. The van der Waals surface area contributed by atoms with Crippen LogP contribution in [-0.2, 0) is 0 Å². The van der Waals surface area contributed by atoms with Gasteiger partial charge in [0.05, 0.1) is 11.0 Å². The van der Waals surface area contributed by atoms with Gasteiger partial charge in [-0.3, -0.25) is 0 Å². The van der Waals surface area contributed by atoms with E-state index in [4.69, 9.17) is 0 Å². The Labute approximate surface area is 311 Å². The van der Waals surface area contributed by atoms with Gasteiger partial charge in [0, 0.05) is 53.7 Å². The summed E-state index contributed by atoms with van der Waals surface area (Å²) in [7, 11) is 0. The first kappa shape index (κ1) is 30.0. The van der Waals surface area contributed by atoms with Crippen LogP contribution in [0.1, 0.15) is 0 Å². The number of hydrogen-bond acceptors (Lipinski definition) is 2. The highest BCUT2D eigenvalue weighted by atomic mass is 32.1. The van der Waals surface area contributed by atoms with Gasteiger partial charge in [0.1, 0.15) is 0 Å². The molecule has 0 saturated carbocycles. The van der Waals surface area contributed by atoms with E-state index in [1.807, 2.05) is 11.3 Å². The van der Waals surface area contributed by atoms with Crippen LogP contribution in [0.25, 0.3) is 80.3 Å². The Morgan fingerprint density at radius 1 is 0.377 bits per heavy atom. The molecule has 53 heavy (non-hydrogen) atoms. The SMILES string of the molecule is c1ccc(-n2c3cc(-c4ccc(N(c5ccc6ccccc6c5)c5ccc6ccccc6c5)cc4)ccc3c3c4sc5ccccc5c4ccc32)cc1. The predicted octanol–water partition coefficient (Wildman–Crippen LogP) is 14.6. The monoisotopic (exact) mass is 692 g/mol. The molecule has 0 spiro atoms. The van der Waals surface area contributed by atoms with Crippen LogP contribution < -0.4 is 4.90 Å². The second kappa shape index (κ2) is 11.9. The fraction of sp³-hybridized carbons (Fsp3) is 0. The zero-order valence-electron chi connectivity index (χ0n) is 28.8. The Morgan fingerprint density at radius 3 is 1.68 bits per heavy atom. The first-order chi connectivity index (χ1) is 26.3. The molecule has 0 N–H and O–H groups in total. The van der Waals surface area contributed by atoms with Crippen LogP contribution in [0.15, 0.2) is 194 Å². The second-order valence-corrected chi connectivity index (χ2v) is 14.8. The predicted molar refractivity (Wildman–Crippen MR) is 229 cm³/mol. The van der Waals surface area contributed by atoms with Crippen molar-refractivity contribution < 1.29 is 0 Å². The number of benzene rings is 9. The molecule has 248 valence electrons. The normalized spacial score (nSPS) is 11.8. The van der Waals surface area contributed by atoms with Gasteiger partial charge in [0.2, 0.25) is 0 Å². The van der Waals surface area contributed by atoms with E-state index in [-0.39, 0.29) is 0 Å². The minimum atomic E-state index is 1.12. The molecule has 11 aromatic rings. The summed E-state index contributed by atoms with van der Waals surface area (Å²) in [6.07, 6.45) is 0. The van der Waals surface area contributed by atoms with Crippen molar-refractivity contribution in [3.8, 4) is 16.8 Å². The molecule has 2 heterocycles. The summed E-state index contributed by atoms with van der Waals surface area (Å²) in [5, 5.41) is 10.2. The largest absolute Gasteiger partial charge is 0.310 e. The average Bonchev–Trinajstić information content (AvgIpc) is 3.77.